The van der Waals surface area contributed by atoms with Gasteiger partial charge in [0.2, 0.25) is 0 Å². The SMILES string of the molecule is O=S(=O)(Nc1cc(F)c(C(F)(F)F)cc1F)c1c[nH]c(Br)c1. The highest BCUT2D eigenvalue weighted by atomic mass is 79.9. The fraction of sp³-hybridized carbons (Fsp3) is 0.0909. The van der Waals surface area contributed by atoms with Crippen molar-refractivity contribution in [3.8, 4) is 0 Å². The van der Waals surface area contributed by atoms with Crippen LogP contribution < -0.4 is 4.72 Å². The van der Waals surface area contributed by atoms with Gasteiger partial charge in [-0.1, -0.05) is 0 Å². The average Bonchev–Trinajstić information content (AvgIpc) is 2.79. The number of H-pyrrole nitrogens is 1. The minimum Gasteiger partial charge on any atom is -0.355 e. The van der Waals surface area contributed by atoms with E-state index in [2.05, 4.69) is 20.9 Å². The average molecular weight is 405 g/mol. The predicted octanol–water partition coefficient (Wildman–Crippen LogP) is 3.88. The van der Waals surface area contributed by atoms with Gasteiger partial charge < -0.3 is 4.98 Å². The number of anilines is 1. The van der Waals surface area contributed by atoms with E-state index in [1.807, 2.05) is 0 Å². The molecule has 11 heteroatoms. The van der Waals surface area contributed by atoms with Gasteiger partial charge in [0.15, 0.2) is 0 Å². The fourth-order valence-electron chi connectivity index (χ4n) is 1.55. The number of aromatic amines is 1. The van der Waals surface area contributed by atoms with Crippen molar-refractivity contribution in [3.05, 3.63) is 46.2 Å². The van der Waals surface area contributed by atoms with E-state index < -0.39 is 39.1 Å². The molecule has 0 fully saturated rings. The van der Waals surface area contributed by atoms with Gasteiger partial charge in [-0.15, -0.1) is 0 Å². The van der Waals surface area contributed by atoms with Crippen LogP contribution >= 0.6 is 15.9 Å². The minimum atomic E-state index is -5.09. The molecule has 0 radical (unpaired) electrons. The van der Waals surface area contributed by atoms with Gasteiger partial charge in [0.1, 0.15) is 16.5 Å². The van der Waals surface area contributed by atoms with E-state index >= 15 is 0 Å². The Bertz CT molecular complexity index is 816. The number of aromatic nitrogens is 1. The van der Waals surface area contributed by atoms with E-state index in [-0.39, 0.29) is 17.0 Å². The molecule has 0 amide bonds. The second-order valence-corrected chi connectivity index (χ2v) is 6.64. The monoisotopic (exact) mass is 404 g/mol. The molecule has 120 valence electrons. The highest BCUT2D eigenvalue weighted by molar-refractivity contribution is 9.10. The van der Waals surface area contributed by atoms with E-state index in [0.717, 1.165) is 12.3 Å². The summed E-state index contributed by atoms with van der Waals surface area (Å²) in [7, 11) is -4.28. The molecule has 1 aromatic carbocycles. The maximum Gasteiger partial charge on any atom is 0.419 e. The zero-order valence-electron chi connectivity index (χ0n) is 10.3. The minimum absolute atomic E-state index is 0.111. The normalized spacial score (nSPS) is 12.5. The summed E-state index contributed by atoms with van der Waals surface area (Å²) in [6, 6.07) is 1.16. The molecule has 2 rings (SSSR count). The molecule has 0 unspecified atom stereocenters. The van der Waals surface area contributed by atoms with Crippen LogP contribution in [-0.2, 0) is 16.2 Å². The largest absolute Gasteiger partial charge is 0.419 e. The molecule has 4 nitrogen and oxygen atoms in total. The van der Waals surface area contributed by atoms with Crippen LogP contribution in [0.15, 0.2) is 33.9 Å². The molecule has 0 spiro atoms. The van der Waals surface area contributed by atoms with Crippen molar-refractivity contribution in [2.45, 2.75) is 11.1 Å². The zero-order chi connectivity index (χ0) is 16.7. The van der Waals surface area contributed by atoms with Crippen LogP contribution in [0, 0.1) is 11.6 Å². The topological polar surface area (TPSA) is 62.0 Å². The predicted molar refractivity (Wildman–Crippen MR) is 70.7 cm³/mol. The van der Waals surface area contributed by atoms with Crippen molar-refractivity contribution in [2.75, 3.05) is 4.72 Å². The Balaban J connectivity index is 2.41. The van der Waals surface area contributed by atoms with Crippen molar-refractivity contribution in [1.82, 2.24) is 4.98 Å². The van der Waals surface area contributed by atoms with Crippen LogP contribution in [0.2, 0.25) is 0 Å². The second-order valence-electron chi connectivity index (χ2n) is 4.10. The molecule has 2 aromatic rings. The molecule has 22 heavy (non-hydrogen) atoms. The Labute approximate surface area is 129 Å². The first-order valence-corrected chi connectivity index (χ1v) is 7.71. The lowest BCUT2D eigenvalue weighted by Gasteiger charge is -2.12. The summed E-state index contributed by atoms with van der Waals surface area (Å²) >= 11 is 2.96. The molecular formula is C11H6BrF5N2O2S. The van der Waals surface area contributed by atoms with Crippen LogP contribution in [0.25, 0.3) is 0 Å². The van der Waals surface area contributed by atoms with E-state index in [1.165, 1.54) is 0 Å². The van der Waals surface area contributed by atoms with Gasteiger partial charge in [-0.05, 0) is 28.1 Å². The summed E-state index contributed by atoms with van der Waals surface area (Å²) in [4.78, 5) is 2.19. The summed E-state index contributed by atoms with van der Waals surface area (Å²) in [6.45, 7) is 0. The maximum absolute atomic E-state index is 13.6. The summed E-state index contributed by atoms with van der Waals surface area (Å²) in [6.07, 6.45) is -4.03. The van der Waals surface area contributed by atoms with Crippen LogP contribution in [0.5, 0.6) is 0 Å². The molecule has 0 aliphatic rings. The Kier molecular flexibility index (Phi) is 4.22. The Morgan fingerprint density at radius 1 is 1.09 bits per heavy atom. The number of nitrogens with one attached hydrogen (secondary N) is 2. The van der Waals surface area contributed by atoms with Crippen LogP contribution in [0.4, 0.5) is 27.6 Å². The third kappa shape index (κ3) is 3.40. The fourth-order valence-corrected chi connectivity index (χ4v) is 3.11. The quantitative estimate of drug-likeness (QED) is 0.762. The molecule has 0 saturated heterocycles. The first-order chi connectivity index (χ1) is 10.0. The van der Waals surface area contributed by atoms with Gasteiger partial charge in [0.25, 0.3) is 10.0 Å². The molecule has 1 aromatic heterocycles. The molecular weight excluding hydrogens is 399 g/mol. The molecule has 0 aliphatic carbocycles. The molecule has 0 aliphatic heterocycles. The van der Waals surface area contributed by atoms with Crippen LogP contribution in [-0.4, -0.2) is 13.4 Å². The summed E-state index contributed by atoms with van der Waals surface area (Å²) in [5.74, 6) is -3.34. The first kappa shape index (κ1) is 16.7. The summed E-state index contributed by atoms with van der Waals surface area (Å²) in [5.41, 5.74) is -2.75. The standard InChI is InChI=1S/C11H6BrF5N2O2S/c12-10-1-5(4-18-10)22(20,21)19-9-3-7(13)6(2-8(9)14)11(15,16)17/h1-4,18-19H. The van der Waals surface area contributed by atoms with Crippen LogP contribution in [0.3, 0.4) is 0 Å². The number of hydrogen-bond donors (Lipinski definition) is 2. The third-order valence-corrected chi connectivity index (χ3v) is 4.34. The number of benzene rings is 1. The molecule has 0 bridgehead atoms. The maximum atomic E-state index is 13.6. The number of sulfonamides is 1. The third-order valence-electron chi connectivity index (χ3n) is 2.54. The summed E-state index contributed by atoms with van der Waals surface area (Å²) < 4.78 is 90.0. The van der Waals surface area contributed by atoms with Gasteiger partial charge >= 0.3 is 6.18 Å². The highest BCUT2D eigenvalue weighted by Crippen LogP contribution is 2.34. The number of alkyl halides is 3. The lowest BCUT2D eigenvalue weighted by atomic mass is 10.2. The summed E-state index contributed by atoms with van der Waals surface area (Å²) in [5, 5.41) is 0. The molecule has 2 N–H and O–H groups in total. The smallest absolute Gasteiger partial charge is 0.355 e. The van der Waals surface area contributed by atoms with Gasteiger partial charge in [-0.25, -0.2) is 17.2 Å². The van der Waals surface area contributed by atoms with Crippen molar-refractivity contribution >= 4 is 31.6 Å². The highest BCUT2D eigenvalue weighted by Gasteiger charge is 2.35. The lowest BCUT2D eigenvalue weighted by Crippen LogP contribution is -2.15. The van der Waals surface area contributed by atoms with E-state index in [4.69, 9.17) is 0 Å². The van der Waals surface area contributed by atoms with Crippen LogP contribution in [0.1, 0.15) is 5.56 Å². The Morgan fingerprint density at radius 2 is 1.73 bits per heavy atom. The van der Waals surface area contributed by atoms with Crippen molar-refractivity contribution in [1.29, 1.82) is 0 Å². The number of rotatable bonds is 3. The lowest BCUT2D eigenvalue weighted by molar-refractivity contribution is -0.140. The molecule has 1 heterocycles. The number of hydrogen-bond acceptors (Lipinski definition) is 2. The molecule has 0 atom stereocenters. The zero-order valence-corrected chi connectivity index (χ0v) is 12.7. The van der Waals surface area contributed by atoms with E-state index in [0.29, 0.717) is 4.60 Å². The Hall–Kier alpha value is -1.62. The Morgan fingerprint density at radius 3 is 2.23 bits per heavy atom. The van der Waals surface area contributed by atoms with Crippen molar-refractivity contribution in [2.24, 2.45) is 0 Å². The van der Waals surface area contributed by atoms with Gasteiger partial charge in [-0.3, -0.25) is 4.72 Å². The first-order valence-electron chi connectivity index (χ1n) is 5.43. The van der Waals surface area contributed by atoms with Crippen molar-refractivity contribution < 1.29 is 30.4 Å². The van der Waals surface area contributed by atoms with Crippen molar-refractivity contribution in [3.63, 3.8) is 0 Å². The van der Waals surface area contributed by atoms with Gasteiger partial charge in [0.05, 0.1) is 15.9 Å². The number of halogens is 6. The van der Waals surface area contributed by atoms with Gasteiger partial charge in [0, 0.05) is 12.3 Å². The second kappa shape index (κ2) is 5.54. The van der Waals surface area contributed by atoms with E-state index in [1.54, 1.807) is 4.72 Å². The molecule has 0 saturated carbocycles. The van der Waals surface area contributed by atoms with Gasteiger partial charge in [-0.2, -0.15) is 13.2 Å². The van der Waals surface area contributed by atoms with E-state index in [9.17, 15) is 30.4 Å².